The first-order valence-electron chi connectivity index (χ1n) is 4.96. The van der Waals surface area contributed by atoms with Gasteiger partial charge in [-0.2, -0.15) is 0 Å². The van der Waals surface area contributed by atoms with Gasteiger partial charge in [0, 0.05) is 18.2 Å². The molecule has 0 amide bonds. The molecule has 0 unspecified atom stereocenters. The van der Waals surface area contributed by atoms with Gasteiger partial charge in [0.15, 0.2) is 5.78 Å². The second-order valence-electron chi connectivity index (χ2n) is 3.76. The molecule has 0 aromatic heterocycles. The van der Waals surface area contributed by atoms with Crippen molar-refractivity contribution >= 4 is 27.2 Å². The standard InChI is InChI=1S/C11H12ClFO3S/c1-17(15,16)7-3-6-10(14)8-4-2-5-9(13)11(8)12/h2,4-5H,3,6-7H2,1H3. The summed E-state index contributed by atoms with van der Waals surface area (Å²) in [5, 5.41) is -0.211. The van der Waals surface area contributed by atoms with Crippen molar-refractivity contribution in [2.75, 3.05) is 12.0 Å². The Kier molecular flexibility index (Phi) is 4.65. The Morgan fingerprint density at radius 2 is 2.06 bits per heavy atom. The first kappa shape index (κ1) is 14.1. The van der Waals surface area contributed by atoms with Gasteiger partial charge in [-0.15, -0.1) is 0 Å². The highest BCUT2D eigenvalue weighted by Crippen LogP contribution is 2.21. The molecule has 0 bridgehead atoms. The van der Waals surface area contributed by atoms with Gasteiger partial charge in [-0.1, -0.05) is 17.7 Å². The zero-order valence-corrected chi connectivity index (χ0v) is 10.8. The van der Waals surface area contributed by atoms with E-state index in [4.69, 9.17) is 11.6 Å². The highest BCUT2D eigenvalue weighted by molar-refractivity contribution is 7.90. The predicted octanol–water partition coefficient (Wildman–Crippen LogP) is 2.49. The highest BCUT2D eigenvalue weighted by Gasteiger charge is 2.14. The monoisotopic (exact) mass is 278 g/mol. The van der Waals surface area contributed by atoms with Crippen LogP contribution >= 0.6 is 11.6 Å². The van der Waals surface area contributed by atoms with Crippen LogP contribution in [-0.4, -0.2) is 26.2 Å². The average Bonchev–Trinajstić information content (AvgIpc) is 2.20. The fourth-order valence-electron chi connectivity index (χ4n) is 1.35. The zero-order valence-electron chi connectivity index (χ0n) is 9.24. The Hall–Kier alpha value is -0.940. The summed E-state index contributed by atoms with van der Waals surface area (Å²) in [4.78, 5) is 11.7. The molecule has 1 rings (SSSR count). The summed E-state index contributed by atoms with van der Waals surface area (Å²) in [6.45, 7) is 0. The van der Waals surface area contributed by atoms with Crippen LogP contribution in [0.2, 0.25) is 5.02 Å². The number of benzene rings is 1. The molecule has 0 aliphatic carbocycles. The van der Waals surface area contributed by atoms with Gasteiger partial charge in [0.05, 0.1) is 10.8 Å². The van der Waals surface area contributed by atoms with Gasteiger partial charge in [-0.3, -0.25) is 4.79 Å². The lowest BCUT2D eigenvalue weighted by atomic mass is 10.1. The summed E-state index contributed by atoms with van der Waals surface area (Å²) in [6.07, 6.45) is 1.35. The Labute approximate surface area is 105 Å². The van der Waals surface area contributed by atoms with Crippen LogP contribution in [0, 0.1) is 5.82 Å². The van der Waals surface area contributed by atoms with Gasteiger partial charge in [0.2, 0.25) is 0 Å². The number of halogens is 2. The normalized spacial score (nSPS) is 11.5. The van der Waals surface area contributed by atoms with Crippen molar-refractivity contribution in [2.24, 2.45) is 0 Å². The molecular formula is C11H12ClFO3S. The minimum Gasteiger partial charge on any atom is -0.294 e. The summed E-state index contributed by atoms with van der Waals surface area (Å²) in [6, 6.07) is 3.98. The molecular weight excluding hydrogens is 267 g/mol. The highest BCUT2D eigenvalue weighted by atomic mass is 35.5. The molecule has 0 saturated carbocycles. The minimum atomic E-state index is -3.08. The van der Waals surface area contributed by atoms with Crippen molar-refractivity contribution in [2.45, 2.75) is 12.8 Å². The van der Waals surface area contributed by atoms with Crippen LogP contribution in [0.1, 0.15) is 23.2 Å². The molecule has 0 heterocycles. The largest absolute Gasteiger partial charge is 0.294 e. The smallest absolute Gasteiger partial charge is 0.164 e. The summed E-state index contributed by atoms with van der Waals surface area (Å²) in [7, 11) is -3.08. The minimum absolute atomic E-state index is 0.0379. The van der Waals surface area contributed by atoms with E-state index in [-0.39, 0.29) is 35.0 Å². The molecule has 0 radical (unpaired) electrons. The van der Waals surface area contributed by atoms with Crippen molar-refractivity contribution < 1.29 is 17.6 Å². The third kappa shape index (κ3) is 4.44. The zero-order chi connectivity index (χ0) is 13.1. The maximum atomic E-state index is 13.1. The maximum Gasteiger partial charge on any atom is 0.164 e. The van der Waals surface area contributed by atoms with Crippen LogP contribution in [0.15, 0.2) is 18.2 Å². The fourth-order valence-corrected chi connectivity index (χ4v) is 2.25. The van der Waals surface area contributed by atoms with Gasteiger partial charge < -0.3 is 0 Å². The quantitative estimate of drug-likeness (QED) is 0.778. The van der Waals surface area contributed by atoms with E-state index >= 15 is 0 Å². The van der Waals surface area contributed by atoms with Crippen molar-refractivity contribution in [3.8, 4) is 0 Å². The van der Waals surface area contributed by atoms with E-state index in [1.165, 1.54) is 12.1 Å². The summed E-state index contributed by atoms with van der Waals surface area (Å²) in [5.74, 6) is -1.06. The van der Waals surface area contributed by atoms with Crippen LogP contribution in [-0.2, 0) is 9.84 Å². The Morgan fingerprint density at radius 3 is 2.65 bits per heavy atom. The number of carbonyl (C=O) groups excluding carboxylic acids is 1. The number of sulfone groups is 1. The second kappa shape index (κ2) is 5.60. The number of ketones is 1. The maximum absolute atomic E-state index is 13.1. The van der Waals surface area contributed by atoms with E-state index in [0.29, 0.717) is 0 Å². The summed E-state index contributed by atoms with van der Waals surface area (Å²) in [5.41, 5.74) is 0.0974. The predicted molar refractivity (Wildman–Crippen MR) is 64.7 cm³/mol. The SMILES string of the molecule is CS(=O)(=O)CCCC(=O)c1cccc(F)c1Cl. The lowest BCUT2D eigenvalue weighted by molar-refractivity contribution is 0.0981. The average molecular weight is 279 g/mol. The van der Waals surface area contributed by atoms with Crippen molar-refractivity contribution in [3.63, 3.8) is 0 Å². The number of hydrogen-bond acceptors (Lipinski definition) is 3. The molecule has 1 aromatic rings. The van der Waals surface area contributed by atoms with Crippen molar-refractivity contribution in [3.05, 3.63) is 34.6 Å². The van der Waals surface area contributed by atoms with Gasteiger partial charge >= 0.3 is 0 Å². The molecule has 0 aliphatic rings. The van der Waals surface area contributed by atoms with E-state index in [1.54, 1.807) is 0 Å². The van der Waals surface area contributed by atoms with E-state index in [1.807, 2.05) is 0 Å². The van der Waals surface area contributed by atoms with Crippen molar-refractivity contribution in [1.82, 2.24) is 0 Å². The first-order chi connectivity index (χ1) is 7.81. The first-order valence-corrected chi connectivity index (χ1v) is 7.40. The molecule has 0 fully saturated rings. The third-order valence-corrected chi connectivity index (χ3v) is 3.59. The van der Waals surface area contributed by atoms with Gasteiger partial charge in [-0.25, -0.2) is 12.8 Å². The lowest BCUT2D eigenvalue weighted by Crippen LogP contribution is -2.07. The van der Waals surface area contributed by atoms with E-state index < -0.39 is 15.7 Å². The van der Waals surface area contributed by atoms with Crippen LogP contribution in [0.3, 0.4) is 0 Å². The number of rotatable bonds is 5. The molecule has 17 heavy (non-hydrogen) atoms. The van der Waals surface area contributed by atoms with Gasteiger partial charge in [0.1, 0.15) is 15.7 Å². The van der Waals surface area contributed by atoms with Crippen LogP contribution < -0.4 is 0 Å². The fraction of sp³-hybridized carbons (Fsp3) is 0.364. The molecule has 0 N–H and O–H groups in total. The second-order valence-corrected chi connectivity index (χ2v) is 6.40. The van der Waals surface area contributed by atoms with Gasteiger partial charge in [0.25, 0.3) is 0 Å². The molecule has 1 aromatic carbocycles. The topological polar surface area (TPSA) is 51.2 Å². The van der Waals surface area contributed by atoms with Crippen LogP contribution in [0.4, 0.5) is 4.39 Å². The molecule has 0 atom stereocenters. The molecule has 3 nitrogen and oxygen atoms in total. The lowest BCUT2D eigenvalue weighted by Gasteiger charge is -2.03. The summed E-state index contributed by atoms with van der Waals surface area (Å²) >= 11 is 5.64. The van der Waals surface area contributed by atoms with E-state index in [2.05, 4.69) is 0 Å². The van der Waals surface area contributed by atoms with E-state index in [0.717, 1.165) is 12.3 Å². The Morgan fingerprint density at radius 1 is 1.41 bits per heavy atom. The molecule has 0 spiro atoms. The molecule has 0 aliphatic heterocycles. The van der Waals surface area contributed by atoms with Crippen LogP contribution in [0.5, 0.6) is 0 Å². The third-order valence-electron chi connectivity index (χ3n) is 2.17. The Bertz CT molecular complexity index is 526. The molecule has 0 saturated heterocycles. The van der Waals surface area contributed by atoms with Gasteiger partial charge in [-0.05, 0) is 18.6 Å². The van der Waals surface area contributed by atoms with Crippen LogP contribution in [0.25, 0.3) is 0 Å². The summed E-state index contributed by atoms with van der Waals surface area (Å²) < 4.78 is 34.8. The Balaban J connectivity index is 2.68. The van der Waals surface area contributed by atoms with E-state index in [9.17, 15) is 17.6 Å². The van der Waals surface area contributed by atoms with Crippen molar-refractivity contribution in [1.29, 1.82) is 0 Å². The molecule has 6 heteroatoms. The number of hydrogen-bond donors (Lipinski definition) is 0. The number of Topliss-reactive ketones (excluding diaryl/α,β-unsaturated/α-hetero) is 1. The number of carbonyl (C=O) groups is 1. The molecule has 94 valence electrons.